The Bertz CT molecular complexity index is 1140. The Morgan fingerprint density at radius 3 is 2.47 bits per heavy atom. The van der Waals surface area contributed by atoms with Gasteiger partial charge in [0.2, 0.25) is 0 Å². The van der Waals surface area contributed by atoms with Gasteiger partial charge in [-0.2, -0.15) is 0 Å². The smallest absolute Gasteiger partial charge is 0.162 e. The number of carbonyl (C=O) groups excluding carboxylic acids is 1. The van der Waals surface area contributed by atoms with Crippen LogP contribution in [0.25, 0.3) is 6.08 Å². The highest BCUT2D eigenvalue weighted by Gasteiger charge is 2.34. The van der Waals surface area contributed by atoms with Gasteiger partial charge in [0.15, 0.2) is 5.78 Å². The lowest BCUT2D eigenvalue weighted by Crippen LogP contribution is -2.53. The molecule has 0 saturated carbocycles. The van der Waals surface area contributed by atoms with E-state index in [1.54, 1.807) is 12.1 Å². The van der Waals surface area contributed by atoms with Crippen molar-refractivity contribution in [2.45, 2.75) is 29.0 Å². The maximum absolute atomic E-state index is 13.1. The molecule has 1 saturated heterocycles. The number of halogens is 4. The van der Waals surface area contributed by atoms with Gasteiger partial charge in [-0.05, 0) is 66.6 Å². The van der Waals surface area contributed by atoms with Crippen LogP contribution < -0.4 is 0 Å². The number of carbonyl (C=O) groups is 1. The number of fused-ring (bicyclic) bond motifs is 2. The predicted octanol–water partition coefficient (Wildman–Crippen LogP) is 6.87. The topological polar surface area (TPSA) is 23.6 Å². The standard InChI is InChI=1S/C28H28ClFN2OS.2ClH/c29-23-18-22-8-7-21-4-1-2-6-27(21)34-28(22)25(19-23)32-16-14-31(15-17-32)13-3-5-26(33)20-9-11-24(30)12-10-20;;/h1-2,4,6-12,18-19,25,28H,3,5,13-17H2;2*1H. The van der Waals surface area contributed by atoms with Gasteiger partial charge in [-0.3, -0.25) is 9.69 Å². The maximum atomic E-state index is 13.1. The molecule has 0 N–H and O–H groups in total. The average Bonchev–Trinajstić information content (AvgIpc) is 3.04. The Morgan fingerprint density at radius 2 is 1.72 bits per heavy atom. The van der Waals surface area contributed by atoms with Crippen LogP contribution in [0.15, 0.2) is 82.3 Å². The molecule has 2 unspecified atom stereocenters. The molecule has 1 fully saturated rings. The van der Waals surface area contributed by atoms with Crippen LogP contribution in [0.5, 0.6) is 0 Å². The number of allylic oxidation sites excluding steroid dienone is 3. The van der Waals surface area contributed by atoms with E-state index in [0.717, 1.165) is 44.2 Å². The van der Waals surface area contributed by atoms with Gasteiger partial charge in [-0.15, -0.1) is 36.6 Å². The second-order valence-electron chi connectivity index (χ2n) is 9.01. The zero-order valence-electron chi connectivity index (χ0n) is 19.8. The summed E-state index contributed by atoms with van der Waals surface area (Å²) in [6.45, 7) is 4.83. The number of hydrogen-bond acceptors (Lipinski definition) is 4. The van der Waals surface area contributed by atoms with Crippen molar-refractivity contribution in [3.63, 3.8) is 0 Å². The molecule has 0 bridgehead atoms. The largest absolute Gasteiger partial charge is 0.301 e. The van der Waals surface area contributed by atoms with E-state index in [1.807, 2.05) is 11.8 Å². The van der Waals surface area contributed by atoms with Crippen LogP contribution in [0.4, 0.5) is 4.39 Å². The van der Waals surface area contributed by atoms with Crippen molar-refractivity contribution in [2.24, 2.45) is 0 Å². The van der Waals surface area contributed by atoms with E-state index < -0.39 is 0 Å². The van der Waals surface area contributed by atoms with Gasteiger partial charge in [-0.1, -0.05) is 42.0 Å². The van der Waals surface area contributed by atoms with E-state index in [0.29, 0.717) is 17.2 Å². The first kappa shape index (κ1) is 29.0. The zero-order valence-corrected chi connectivity index (χ0v) is 23.0. The molecule has 2 aromatic carbocycles. The lowest BCUT2D eigenvalue weighted by Gasteiger charge is -2.42. The number of benzene rings is 2. The average molecular weight is 568 g/mol. The highest BCUT2D eigenvalue weighted by atomic mass is 35.5. The summed E-state index contributed by atoms with van der Waals surface area (Å²) in [5.41, 5.74) is 3.13. The fourth-order valence-corrected chi connectivity index (χ4v) is 6.52. The molecule has 192 valence electrons. The van der Waals surface area contributed by atoms with Gasteiger partial charge < -0.3 is 4.90 Å². The Labute approximate surface area is 234 Å². The van der Waals surface area contributed by atoms with Crippen LogP contribution in [0.2, 0.25) is 0 Å². The first-order valence-corrected chi connectivity index (χ1v) is 13.1. The first-order valence-electron chi connectivity index (χ1n) is 11.8. The van der Waals surface area contributed by atoms with Crippen LogP contribution in [0, 0.1) is 5.82 Å². The predicted molar refractivity (Wildman–Crippen MR) is 153 cm³/mol. The molecule has 8 heteroatoms. The third kappa shape index (κ3) is 6.83. The third-order valence-corrected chi connectivity index (χ3v) is 8.44. The maximum Gasteiger partial charge on any atom is 0.162 e. The minimum atomic E-state index is -0.311. The molecule has 3 aliphatic rings. The van der Waals surface area contributed by atoms with Crippen molar-refractivity contribution < 1.29 is 9.18 Å². The Balaban J connectivity index is 0.00000180. The molecular weight excluding hydrogens is 538 g/mol. The second kappa shape index (κ2) is 13.3. The molecule has 5 rings (SSSR count). The van der Waals surface area contributed by atoms with Crippen LogP contribution in [0.1, 0.15) is 28.8 Å². The van der Waals surface area contributed by atoms with Crippen molar-refractivity contribution in [2.75, 3.05) is 32.7 Å². The summed E-state index contributed by atoms with van der Waals surface area (Å²) in [4.78, 5) is 18.7. The Hall–Kier alpha value is -1.60. The summed E-state index contributed by atoms with van der Waals surface area (Å²) in [7, 11) is 0. The van der Waals surface area contributed by atoms with Crippen LogP contribution in [-0.4, -0.2) is 59.6 Å². The van der Waals surface area contributed by atoms with Crippen LogP contribution >= 0.6 is 48.2 Å². The van der Waals surface area contributed by atoms with Crippen molar-refractivity contribution in [3.05, 3.63) is 94.3 Å². The van der Waals surface area contributed by atoms with E-state index >= 15 is 0 Å². The lowest BCUT2D eigenvalue weighted by molar-refractivity contribution is 0.0948. The van der Waals surface area contributed by atoms with Gasteiger partial charge in [-0.25, -0.2) is 4.39 Å². The van der Waals surface area contributed by atoms with E-state index in [1.165, 1.54) is 28.2 Å². The molecule has 0 aromatic heterocycles. The summed E-state index contributed by atoms with van der Waals surface area (Å²) in [6, 6.07) is 14.7. The molecule has 0 radical (unpaired) electrons. The highest BCUT2D eigenvalue weighted by molar-refractivity contribution is 8.00. The number of nitrogens with zero attached hydrogens (tertiary/aromatic N) is 2. The molecule has 2 heterocycles. The van der Waals surface area contributed by atoms with Gasteiger partial charge >= 0.3 is 0 Å². The first-order chi connectivity index (χ1) is 16.6. The fourth-order valence-electron chi connectivity index (χ4n) is 4.89. The summed E-state index contributed by atoms with van der Waals surface area (Å²) in [5, 5.41) is 1.14. The third-order valence-electron chi connectivity index (χ3n) is 6.77. The number of hydrogen-bond donors (Lipinski definition) is 0. The van der Waals surface area contributed by atoms with Crippen molar-refractivity contribution in [1.82, 2.24) is 9.80 Å². The Kier molecular flexibility index (Phi) is 10.7. The summed E-state index contributed by atoms with van der Waals surface area (Å²) in [5.74, 6) is -0.229. The van der Waals surface area contributed by atoms with E-state index in [4.69, 9.17) is 11.6 Å². The lowest BCUT2D eigenvalue weighted by atomic mass is 9.96. The second-order valence-corrected chi connectivity index (χ2v) is 10.6. The van der Waals surface area contributed by atoms with Gasteiger partial charge in [0.1, 0.15) is 5.82 Å². The SMILES string of the molecule is Cl.Cl.O=C(CCCN1CCN(C2C=C(Cl)C=C3C=Cc4ccccc4SC32)CC1)c1ccc(F)cc1. The molecule has 3 nitrogen and oxygen atoms in total. The van der Waals surface area contributed by atoms with Crippen LogP contribution in [-0.2, 0) is 0 Å². The van der Waals surface area contributed by atoms with Crippen molar-refractivity contribution >= 4 is 60.0 Å². The zero-order chi connectivity index (χ0) is 23.5. The number of rotatable bonds is 6. The molecule has 2 aliphatic heterocycles. The normalized spacial score (nSPS) is 21.6. The van der Waals surface area contributed by atoms with Gasteiger partial charge in [0.25, 0.3) is 0 Å². The summed E-state index contributed by atoms with van der Waals surface area (Å²) in [6.07, 6.45) is 10.0. The van der Waals surface area contributed by atoms with Crippen molar-refractivity contribution in [1.29, 1.82) is 0 Å². The minimum absolute atomic E-state index is 0. The summed E-state index contributed by atoms with van der Waals surface area (Å²) < 4.78 is 13.1. The highest BCUT2D eigenvalue weighted by Crippen LogP contribution is 2.41. The molecule has 2 atom stereocenters. The Morgan fingerprint density at radius 1 is 1.00 bits per heavy atom. The molecule has 0 amide bonds. The van der Waals surface area contributed by atoms with E-state index in [-0.39, 0.29) is 42.5 Å². The number of thioether (sulfide) groups is 1. The molecular formula is C28H30Cl3FN2OS. The fraction of sp³-hybridized carbons (Fsp3) is 0.321. The molecule has 36 heavy (non-hydrogen) atoms. The van der Waals surface area contributed by atoms with E-state index in [2.05, 4.69) is 58.4 Å². The number of Topliss-reactive ketones (excluding diaryl/α,β-unsaturated/α-hetero) is 1. The number of ketones is 1. The van der Waals surface area contributed by atoms with Crippen LogP contribution in [0.3, 0.4) is 0 Å². The molecule has 0 spiro atoms. The number of piperazine rings is 1. The van der Waals surface area contributed by atoms with Crippen molar-refractivity contribution in [3.8, 4) is 0 Å². The monoisotopic (exact) mass is 566 g/mol. The summed E-state index contributed by atoms with van der Waals surface area (Å²) >= 11 is 8.48. The molecule has 2 aromatic rings. The molecule has 1 aliphatic carbocycles. The quantitative estimate of drug-likeness (QED) is 0.356. The minimum Gasteiger partial charge on any atom is -0.301 e. The van der Waals surface area contributed by atoms with E-state index in [9.17, 15) is 9.18 Å². The van der Waals surface area contributed by atoms with Gasteiger partial charge in [0.05, 0.1) is 5.25 Å². The van der Waals surface area contributed by atoms with Gasteiger partial charge in [0, 0.05) is 54.1 Å².